The fourth-order valence-corrected chi connectivity index (χ4v) is 1.64. The first kappa shape index (κ1) is 12.7. The van der Waals surface area contributed by atoms with E-state index in [1.165, 1.54) is 18.2 Å². The van der Waals surface area contributed by atoms with Crippen LogP contribution in [0.15, 0.2) is 30.3 Å². The zero-order chi connectivity index (χ0) is 12.2. The number of rotatable bonds is 4. The maximum Gasteiger partial charge on any atom is 0.306 e. The van der Waals surface area contributed by atoms with Crippen LogP contribution < -0.4 is 4.18 Å². The van der Waals surface area contributed by atoms with Gasteiger partial charge >= 0.3 is 10.1 Å². The van der Waals surface area contributed by atoms with Crippen molar-refractivity contribution < 1.29 is 17.4 Å². The minimum atomic E-state index is -3.52. The molecular formula is C10H9ClO4S. The SMILES string of the molecule is CS(=O)(=O)Oc1ccc(C(Cl)=CC=O)cc1. The molecule has 0 aliphatic rings. The van der Waals surface area contributed by atoms with Gasteiger partial charge in [-0.3, -0.25) is 4.79 Å². The molecule has 0 saturated heterocycles. The molecule has 0 bridgehead atoms. The number of carbonyl (C=O) groups excluding carboxylic acids is 1. The predicted octanol–water partition coefficient (Wildman–Crippen LogP) is 1.80. The van der Waals surface area contributed by atoms with Crippen molar-refractivity contribution in [2.24, 2.45) is 0 Å². The van der Waals surface area contributed by atoms with E-state index in [1.54, 1.807) is 12.1 Å². The number of aldehydes is 1. The number of allylic oxidation sites excluding steroid dienone is 1. The van der Waals surface area contributed by atoms with Crippen molar-refractivity contribution in [2.75, 3.05) is 6.26 Å². The third-order valence-corrected chi connectivity index (χ3v) is 2.43. The summed E-state index contributed by atoms with van der Waals surface area (Å²) >= 11 is 5.76. The van der Waals surface area contributed by atoms with Crippen molar-refractivity contribution in [3.05, 3.63) is 35.9 Å². The first-order chi connectivity index (χ1) is 7.42. The Morgan fingerprint density at radius 2 is 1.88 bits per heavy atom. The van der Waals surface area contributed by atoms with Gasteiger partial charge in [-0.1, -0.05) is 11.6 Å². The number of halogens is 1. The summed E-state index contributed by atoms with van der Waals surface area (Å²) in [6, 6.07) is 6.03. The van der Waals surface area contributed by atoms with Gasteiger partial charge in [0.1, 0.15) is 12.0 Å². The van der Waals surface area contributed by atoms with Gasteiger partial charge in [0.25, 0.3) is 0 Å². The van der Waals surface area contributed by atoms with E-state index in [0.717, 1.165) is 6.26 Å². The number of carbonyl (C=O) groups is 1. The third kappa shape index (κ3) is 4.04. The van der Waals surface area contributed by atoms with Gasteiger partial charge in [-0.15, -0.1) is 0 Å². The van der Waals surface area contributed by atoms with Crippen LogP contribution in [0, 0.1) is 0 Å². The van der Waals surface area contributed by atoms with Crippen molar-refractivity contribution in [3.63, 3.8) is 0 Å². The Balaban J connectivity index is 2.92. The molecule has 0 aliphatic heterocycles. The zero-order valence-corrected chi connectivity index (χ0v) is 9.96. The van der Waals surface area contributed by atoms with Crippen LogP contribution >= 0.6 is 11.6 Å². The molecule has 0 heterocycles. The molecule has 1 rings (SSSR count). The highest BCUT2D eigenvalue weighted by Gasteiger charge is 2.04. The predicted molar refractivity (Wildman–Crippen MR) is 61.8 cm³/mol. The third-order valence-electron chi connectivity index (χ3n) is 1.59. The second-order valence-electron chi connectivity index (χ2n) is 2.96. The Hall–Kier alpha value is -1.33. The Kier molecular flexibility index (Phi) is 4.09. The van der Waals surface area contributed by atoms with Gasteiger partial charge in [-0.05, 0) is 35.9 Å². The number of hydrogen-bond donors (Lipinski definition) is 0. The van der Waals surface area contributed by atoms with Crippen LogP contribution in [0.2, 0.25) is 0 Å². The Morgan fingerprint density at radius 1 is 1.31 bits per heavy atom. The van der Waals surface area contributed by atoms with Crippen molar-refractivity contribution in [2.45, 2.75) is 0 Å². The molecule has 0 aromatic heterocycles. The van der Waals surface area contributed by atoms with Gasteiger partial charge in [-0.2, -0.15) is 8.42 Å². The van der Waals surface area contributed by atoms with Crippen molar-refractivity contribution >= 4 is 33.0 Å². The zero-order valence-electron chi connectivity index (χ0n) is 8.38. The molecule has 0 aliphatic carbocycles. The maximum atomic E-state index is 10.8. The normalized spacial score (nSPS) is 12.2. The van der Waals surface area contributed by atoms with E-state index < -0.39 is 10.1 Å². The smallest absolute Gasteiger partial charge is 0.306 e. The van der Waals surface area contributed by atoms with Crippen LogP contribution in [-0.2, 0) is 14.9 Å². The Labute approximate surface area is 98.6 Å². The molecule has 16 heavy (non-hydrogen) atoms. The van der Waals surface area contributed by atoms with E-state index in [0.29, 0.717) is 11.8 Å². The van der Waals surface area contributed by atoms with Gasteiger partial charge in [0, 0.05) is 0 Å². The molecule has 1 aromatic carbocycles. The molecule has 0 atom stereocenters. The largest absolute Gasteiger partial charge is 0.383 e. The first-order valence-electron chi connectivity index (χ1n) is 4.23. The summed E-state index contributed by atoms with van der Waals surface area (Å²) in [5, 5.41) is 0.279. The average molecular weight is 261 g/mol. The topological polar surface area (TPSA) is 60.4 Å². The van der Waals surface area contributed by atoms with Crippen molar-refractivity contribution in [3.8, 4) is 5.75 Å². The highest BCUT2D eigenvalue weighted by Crippen LogP contribution is 2.21. The summed E-state index contributed by atoms with van der Waals surface area (Å²) in [6.45, 7) is 0. The lowest BCUT2D eigenvalue weighted by molar-refractivity contribution is -0.104. The quantitative estimate of drug-likeness (QED) is 0.471. The van der Waals surface area contributed by atoms with E-state index >= 15 is 0 Å². The summed E-state index contributed by atoms with van der Waals surface area (Å²) in [6.07, 6.45) is 2.73. The lowest BCUT2D eigenvalue weighted by Gasteiger charge is -2.03. The molecule has 6 heteroatoms. The lowest BCUT2D eigenvalue weighted by atomic mass is 10.2. The Morgan fingerprint density at radius 3 is 2.31 bits per heavy atom. The van der Waals surface area contributed by atoms with E-state index in [4.69, 9.17) is 11.6 Å². The van der Waals surface area contributed by atoms with Crippen LogP contribution in [0.25, 0.3) is 5.03 Å². The van der Waals surface area contributed by atoms with E-state index in [9.17, 15) is 13.2 Å². The molecule has 0 saturated carbocycles. The van der Waals surface area contributed by atoms with Crippen LogP contribution in [-0.4, -0.2) is 21.0 Å². The molecule has 1 aromatic rings. The van der Waals surface area contributed by atoms with E-state index in [-0.39, 0.29) is 10.8 Å². The summed E-state index contributed by atoms with van der Waals surface area (Å²) in [5.74, 6) is 0.196. The monoisotopic (exact) mass is 260 g/mol. The van der Waals surface area contributed by atoms with Gasteiger partial charge in [-0.25, -0.2) is 0 Å². The van der Waals surface area contributed by atoms with Gasteiger partial charge in [0.2, 0.25) is 0 Å². The van der Waals surface area contributed by atoms with E-state index in [2.05, 4.69) is 4.18 Å². The van der Waals surface area contributed by atoms with Crippen LogP contribution in [0.5, 0.6) is 5.75 Å². The maximum absolute atomic E-state index is 10.8. The average Bonchev–Trinajstić information content (AvgIpc) is 2.16. The summed E-state index contributed by atoms with van der Waals surface area (Å²) in [5.41, 5.74) is 0.606. The molecule has 0 unspecified atom stereocenters. The molecule has 86 valence electrons. The lowest BCUT2D eigenvalue weighted by Crippen LogP contribution is -2.05. The van der Waals surface area contributed by atoms with Gasteiger partial charge in [0.05, 0.1) is 11.3 Å². The van der Waals surface area contributed by atoms with Crippen LogP contribution in [0.3, 0.4) is 0 Å². The first-order valence-corrected chi connectivity index (χ1v) is 6.42. The van der Waals surface area contributed by atoms with Gasteiger partial charge in [0.15, 0.2) is 0 Å². The summed E-state index contributed by atoms with van der Waals surface area (Å²) < 4.78 is 26.3. The Bertz CT molecular complexity index is 502. The standard InChI is InChI=1S/C10H9ClO4S/c1-16(13,14)15-9-4-2-8(3-5-9)10(11)6-7-12/h2-7H,1H3. The van der Waals surface area contributed by atoms with Gasteiger partial charge < -0.3 is 4.18 Å². The number of benzene rings is 1. The minimum absolute atomic E-state index is 0.196. The second kappa shape index (κ2) is 5.14. The van der Waals surface area contributed by atoms with Crippen molar-refractivity contribution in [1.29, 1.82) is 0 Å². The minimum Gasteiger partial charge on any atom is -0.383 e. The summed E-state index contributed by atoms with van der Waals surface area (Å²) in [7, 11) is -3.52. The fourth-order valence-electron chi connectivity index (χ4n) is 1.00. The highest BCUT2D eigenvalue weighted by atomic mass is 35.5. The number of hydrogen-bond acceptors (Lipinski definition) is 4. The highest BCUT2D eigenvalue weighted by molar-refractivity contribution is 7.86. The molecular weight excluding hydrogens is 252 g/mol. The molecule has 0 fully saturated rings. The molecule has 4 nitrogen and oxygen atoms in total. The molecule has 0 amide bonds. The molecule has 0 N–H and O–H groups in total. The molecule has 0 radical (unpaired) electrons. The summed E-state index contributed by atoms with van der Waals surface area (Å²) in [4.78, 5) is 10.2. The van der Waals surface area contributed by atoms with Crippen LogP contribution in [0.1, 0.15) is 5.56 Å². The fraction of sp³-hybridized carbons (Fsp3) is 0.100. The van der Waals surface area contributed by atoms with Crippen molar-refractivity contribution in [1.82, 2.24) is 0 Å². The van der Waals surface area contributed by atoms with E-state index in [1.807, 2.05) is 0 Å². The second-order valence-corrected chi connectivity index (χ2v) is 4.94. The molecule has 0 spiro atoms. The van der Waals surface area contributed by atoms with Crippen LogP contribution in [0.4, 0.5) is 0 Å².